The normalized spacial score (nSPS) is 17.6. The van der Waals surface area contributed by atoms with Crippen LogP contribution in [0.5, 0.6) is 0 Å². The number of anilines is 1. The summed E-state index contributed by atoms with van der Waals surface area (Å²) in [7, 11) is -3.63. The minimum atomic E-state index is -3.63. The molecule has 11 heteroatoms. The Morgan fingerprint density at radius 3 is 2.52 bits per heavy atom. The van der Waals surface area contributed by atoms with Crippen molar-refractivity contribution in [2.75, 3.05) is 24.7 Å². The molecule has 0 saturated carbocycles. The van der Waals surface area contributed by atoms with Crippen molar-refractivity contribution < 1.29 is 13.2 Å². The third-order valence-corrected chi connectivity index (χ3v) is 10.8. The Labute approximate surface area is 204 Å². The predicted octanol–water partition coefficient (Wildman–Crippen LogP) is 4.98. The van der Waals surface area contributed by atoms with Crippen LogP contribution < -0.4 is 5.32 Å². The number of piperidine rings is 1. The number of thiazole rings is 2. The molecule has 5 rings (SSSR count). The lowest BCUT2D eigenvalue weighted by Gasteiger charge is -2.31. The van der Waals surface area contributed by atoms with Crippen molar-refractivity contribution in [3.63, 3.8) is 0 Å². The lowest BCUT2D eigenvalue weighted by molar-refractivity contribution is -0.120. The first-order valence-corrected chi connectivity index (χ1v) is 14.8. The number of benzene rings is 2. The van der Waals surface area contributed by atoms with Crippen LogP contribution in [0.4, 0.5) is 5.13 Å². The predicted molar refractivity (Wildman–Crippen MR) is 136 cm³/mol. The third kappa shape index (κ3) is 4.40. The maximum Gasteiger partial charge on any atom is 0.243 e. The van der Waals surface area contributed by atoms with Gasteiger partial charge in [-0.1, -0.05) is 40.8 Å². The first-order valence-electron chi connectivity index (χ1n) is 10.5. The van der Waals surface area contributed by atoms with Crippen LogP contribution in [-0.2, 0) is 14.8 Å². The Morgan fingerprint density at radius 2 is 1.79 bits per heavy atom. The molecule has 7 nitrogen and oxygen atoms in total. The van der Waals surface area contributed by atoms with E-state index in [-0.39, 0.29) is 17.3 Å². The van der Waals surface area contributed by atoms with Crippen LogP contribution in [0.2, 0.25) is 0 Å². The highest BCUT2D eigenvalue weighted by Crippen LogP contribution is 2.38. The number of rotatable bonds is 5. The highest BCUT2D eigenvalue weighted by Gasteiger charge is 2.33. The van der Waals surface area contributed by atoms with Crippen LogP contribution in [-0.4, -0.2) is 47.9 Å². The average Bonchev–Trinajstić information content (AvgIpc) is 3.42. The van der Waals surface area contributed by atoms with Gasteiger partial charge in [-0.05, 0) is 50.3 Å². The summed E-state index contributed by atoms with van der Waals surface area (Å²) in [6.45, 7) is 2.51. The molecule has 1 saturated heterocycles. The Bertz CT molecular complexity index is 1440. The van der Waals surface area contributed by atoms with Crippen LogP contribution in [0.15, 0.2) is 45.6 Å². The van der Waals surface area contributed by atoms with Crippen molar-refractivity contribution in [2.24, 2.45) is 5.92 Å². The lowest BCUT2D eigenvalue weighted by Crippen LogP contribution is -2.43. The summed E-state index contributed by atoms with van der Waals surface area (Å²) in [6.07, 6.45) is 3.29. The Kier molecular flexibility index (Phi) is 6.17. The zero-order chi connectivity index (χ0) is 23.2. The van der Waals surface area contributed by atoms with Crippen molar-refractivity contribution >= 4 is 75.9 Å². The van der Waals surface area contributed by atoms with Gasteiger partial charge in [-0.2, -0.15) is 4.31 Å². The number of aryl methyl sites for hydroxylation is 1. The van der Waals surface area contributed by atoms with E-state index in [1.54, 1.807) is 47.4 Å². The number of nitrogens with one attached hydrogen (secondary N) is 1. The summed E-state index contributed by atoms with van der Waals surface area (Å²) in [5, 5.41) is 3.46. The second-order valence-corrected chi connectivity index (χ2v) is 13.0. The van der Waals surface area contributed by atoms with Crippen LogP contribution >= 0.6 is 34.4 Å². The third-order valence-electron chi connectivity index (χ3n) is 5.71. The second kappa shape index (κ2) is 8.95. The smallest absolute Gasteiger partial charge is 0.243 e. The maximum absolute atomic E-state index is 13.1. The molecular weight excluding hydrogens is 497 g/mol. The molecule has 1 N–H and O–H groups in total. The van der Waals surface area contributed by atoms with Crippen LogP contribution in [0.3, 0.4) is 0 Å². The van der Waals surface area contributed by atoms with Crippen molar-refractivity contribution in [3.8, 4) is 0 Å². The monoisotopic (exact) mass is 518 g/mol. The summed E-state index contributed by atoms with van der Waals surface area (Å²) < 4.78 is 30.6. The van der Waals surface area contributed by atoms with E-state index < -0.39 is 15.9 Å². The summed E-state index contributed by atoms with van der Waals surface area (Å²) in [5.74, 6) is -0.610. The highest BCUT2D eigenvalue weighted by atomic mass is 32.2. The molecule has 2 aromatic heterocycles. The van der Waals surface area contributed by atoms with Gasteiger partial charge in [0.05, 0.1) is 31.2 Å². The number of thioether (sulfide) groups is 1. The molecule has 1 unspecified atom stereocenters. The molecule has 33 heavy (non-hydrogen) atoms. The Balaban J connectivity index is 1.34. The number of hydrogen-bond donors (Lipinski definition) is 1. The van der Waals surface area contributed by atoms with Crippen LogP contribution in [0.25, 0.3) is 20.4 Å². The number of amides is 1. The molecule has 4 aromatic rings. The number of carbonyl (C=O) groups excluding carboxylic acids is 1. The molecule has 1 aliphatic heterocycles. The minimum absolute atomic E-state index is 0.170. The zero-order valence-corrected chi connectivity index (χ0v) is 21.3. The number of aromatic nitrogens is 2. The fourth-order valence-corrected chi connectivity index (χ4v) is 8.12. The molecule has 3 heterocycles. The summed E-state index contributed by atoms with van der Waals surface area (Å²) in [5.41, 5.74) is 2.76. The summed E-state index contributed by atoms with van der Waals surface area (Å²) >= 11 is 4.67. The number of hydrogen-bond acceptors (Lipinski definition) is 8. The minimum Gasteiger partial charge on any atom is -0.302 e. The van der Waals surface area contributed by atoms with Crippen molar-refractivity contribution in [2.45, 2.75) is 29.0 Å². The fourth-order valence-electron chi connectivity index (χ4n) is 3.93. The molecule has 0 radical (unpaired) electrons. The summed E-state index contributed by atoms with van der Waals surface area (Å²) in [4.78, 5) is 22.5. The fraction of sp³-hybridized carbons (Fsp3) is 0.318. The van der Waals surface area contributed by atoms with E-state index in [1.807, 2.05) is 25.3 Å². The molecule has 0 bridgehead atoms. The molecule has 0 spiro atoms. The van der Waals surface area contributed by atoms with Gasteiger partial charge < -0.3 is 5.32 Å². The van der Waals surface area contributed by atoms with Gasteiger partial charge in [-0.15, -0.1) is 11.3 Å². The molecule has 172 valence electrons. The molecule has 1 atom stereocenters. The van der Waals surface area contributed by atoms with Gasteiger partial charge in [0.1, 0.15) is 0 Å². The molecule has 2 aromatic carbocycles. The first kappa shape index (κ1) is 22.7. The maximum atomic E-state index is 13.1. The van der Waals surface area contributed by atoms with Gasteiger partial charge >= 0.3 is 0 Å². The SMILES string of the molecule is CSc1nc2ccc3nc(NC(=O)C4CCCN(S(=O)(=O)c5ccc(C)cc5)C4)sc3c2s1. The van der Waals surface area contributed by atoms with E-state index >= 15 is 0 Å². The lowest BCUT2D eigenvalue weighted by atomic mass is 9.99. The number of carbonyl (C=O) groups is 1. The second-order valence-electron chi connectivity index (χ2n) is 7.97. The highest BCUT2D eigenvalue weighted by molar-refractivity contribution is 8.00. The Hall–Kier alpha value is -2.05. The standard InChI is InChI=1S/C22H22N4O3S4/c1-13-5-7-15(8-6-13)33(28,29)26-11-3-4-14(12-26)20(27)25-21-23-16-9-10-17-19(18(16)31-21)32-22(24-17)30-2/h5-10,14H,3-4,11-12H2,1-2H3,(H,23,25,27). The topological polar surface area (TPSA) is 92.3 Å². The van der Waals surface area contributed by atoms with Crippen molar-refractivity contribution in [1.82, 2.24) is 14.3 Å². The van der Waals surface area contributed by atoms with Gasteiger partial charge in [-0.25, -0.2) is 18.4 Å². The zero-order valence-electron chi connectivity index (χ0n) is 18.1. The largest absolute Gasteiger partial charge is 0.302 e. The molecule has 1 fully saturated rings. The van der Waals surface area contributed by atoms with E-state index in [2.05, 4.69) is 15.3 Å². The van der Waals surface area contributed by atoms with Gasteiger partial charge in [0.15, 0.2) is 9.47 Å². The van der Waals surface area contributed by atoms with E-state index in [4.69, 9.17) is 0 Å². The van der Waals surface area contributed by atoms with Crippen molar-refractivity contribution in [1.29, 1.82) is 0 Å². The van der Waals surface area contributed by atoms with Gasteiger partial charge in [0.2, 0.25) is 15.9 Å². The van der Waals surface area contributed by atoms with Gasteiger partial charge in [-0.3, -0.25) is 4.79 Å². The molecule has 1 aliphatic rings. The quantitative estimate of drug-likeness (QED) is 0.375. The van der Waals surface area contributed by atoms with Crippen LogP contribution in [0.1, 0.15) is 18.4 Å². The molecule has 1 amide bonds. The number of nitrogens with zero attached hydrogens (tertiary/aromatic N) is 3. The van der Waals surface area contributed by atoms with E-state index in [1.165, 1.54) is 15.6 Å². The van der Waals surface area contributed by atoms with E-state index in [0.29, 0.717) is 24.5 Å². The number of fused-ring (bicyclic) bond motifs is 3. The Morgan fingerprint density at radius 1 is 1.09 bits per heavy atom. The first-order chi connectivity index (χ1) is 15.8. The van der Waals surface area contributed by atoms with Crippen molar-refractivity contribution in [3.05, 3.63) is 42.0 Å². The summed E-state index contributed by atoms with van der Waals surface area (Å²) in [6, 6.07) is 10.7. The average molecular weight is 519 g/mol. The molecule has 0 aliphatic carbocycles. The van der Waals surface area contributed by atoms with E-state index in [0.717, 1.165) is 30.3 Å². The van der Waals surface area contributed by atoms with Gasteiger partial charge in [0.25, 0.3) is 0 Å². The van der Waals surface area contributed by atoms with Gasteiger partial charge in [0, 0.05) is 13.1 Å². The molecular formula is C22H22N4O3S4. The number of sulfonamides is 1. The van der Waals surface area contributed by atoms with E-state index in [9.17, 15) is 13.2 Å². The van der Waals surface area contributed by atoms with Crippen LogP contribution in [0, 0.1) is 12.8 Å².